The van der Waals surface area contributed by atoms with E-state index in [4.69, 9.17) is 0 Å². The van der Waals surface area contributed by atoms with Crippen LogP contribution in [0.15, 0.2) is 48.6 Å². The molecule has 0 bridgehead atoms. The predicted molar refractivity (Wildman–Crippen MR) is 136 cm³/mol. The third kappa shape index (κ3) is 5.79. The summed E-state index contributed by atoms with van der Waals surface area (Å²) in [5.41, 5.74) is -0.974. The van der Waals surface area contributed by atoms with Crippen molar-refractivity contribution in [3.63, 3.8) is 0 Å². The zero-order valence-electron chi connectivity index (χ0n) is 21.1. The van der Waals surface area contributed by atoms with E-state index in [1.54, 1.807) is 0 Å². The van der Waals surface area contributed by atoms with E-state index >= 15 is 0 Å². The molecule has 1 N–H and O–H groups in total. The molecule has 200 valence electrons. The van der Waals surface area contributed by atoms with Crippen LogP contribution in [0.25, 0.3) is 0 Å². The van der Waals surface area contributed by atoms with Crippen molar-refractivity contribution < 1.29 is 22.8 Å². The van der Waals surface area contributed by atoms with E-state index in [0.717, 1.165) is 50.3 Å². The maximum Gasteiger partial charge on any atom is 0.416 e. The van der Waals surface area contributed by atoms with Crippen molar-refractivity contribution in [2.24, 2.45) is 11.8 Å². The number of hydrogen-bond acceptors (Lipinski definition) is 3. The zero-order valence-corrected chi connectivity index (χ0v) is 21.1. The van der Waals surface area contributed by atoms with Gasteiger partial charge in [0, 0.05) is 30.2 Å². The molecule has 3 unspecified atom stereocenters. The minimum atomic E-state index is -4.52. The number of carbonyl (C=O) groups excluding carboxylic acids is 2. The fourth-order valence-electron chi connectivity index (χ4n) is 6.99. The Kier molecular flexibility index (Phi) is 7.75. The lowest BCUT2D eigenvalue weighted by Gasteiger charge is -2.46. The normalized spacial score (nSPS) is 30.2. The van der Waals surface area contributed by atoms with Crippen molar-refractivity contribution in [2.75, 3.05) is 19.6 Å². The fourth-order valence-corrected chi connectivity index (χ4v) is 6.99. The molecule has 2 heterocycles. The van der Waals surface area contributed by atoms with Gasteiger partial charge in [0.2, 0.25) is 5.91 Å². The summed E-state index contributed by atoms with van der Waals surface area (Å²) in [7, 11) is 0. The second-order valence-electron chi connectivity index (χ2n) is 10.9. The molecule has 0 radical (unpaired) electrons. The van der Waals surface area contributed by atoms with Crippen LogP contribution in [0.1, 0.15) is 67.3 Å². The first kappa shape index (κ1) is 26.0. The van der Waals surface area contributed by atoms with E-state index in [2.05, 4.69) is 34.5 Å². The number of nitrogens with zero attached hydrogens (tertiary/aromatic N) is 2. The Morgan fingerprint density at radius 1 is 0.973 bits per heavy atom. The van der Waals surface area contributed by atoms with Crippen molar-refractivity contribution in [3.8, 4) is 0 Å². The van der Waals surface area contributed by atoms with Crippen LogP contribution in [-0.2, 0) is 11.0 Å². The molecule has 3 fully saturated rings. The third-order valence-corrected chi connectivity index (χ3v) is 8.85. The molecule has 8 heteroatoms. The highest BCUT2D eigenvalue weighted by Gasteiger charge is 2.44. The SMILES string of the molecule is O=C(NCC(=O)N1CCC2C1CCCN2[C@H]1CC[C@@H](C2C=CC=CC2)CC1)c1cccc(C(F)(F)F)c1. The minimum Gasteiger partial charge on any atom is -0.343 e. The summed E-state index contributed by atoms with van der Waals surface area (Å²) in [5, 5.41) is 2.54. The monoisotopic (exact) mass is 515 g/mol. The van der Waals surface area contributed by atoms with Crippen LogP contribution in [-0.4, -0.2) is 59.4 Å². The smallest absolute Gasteiger partial charge is 0.343 e. The summed E-state index contributed by atoms with van der Waals surface area (Å²) >= 11 is 0. The Hall–Kier alpha value is -2.61. The highest BCUT2D eigenvalue weighted by molar-refractivity contribution is 5.96. The van der Waals surface area contributed by atoms with E-state index in [1.807, 2.05) is 4.90 Å². The largest absolute Gasteiger partial charge is 0.416 e. The van der Waals surface area contributed by atoms with E-state index in [9.17, 15) is 22.8 Å². The zero-order chi connectivity index (χ0) is 26.0. The summed E-state index contributed by atoms with van der Waals surface area (Å²) in [4.78, 5) is 30.1. The lowest BCUT2D eigenvalue weighted by Crippen LogP contribution is -2.55. The summed E-state index contributed by atoms with van der Waals surface area (Å²) < 4.78 is 38.9. The number of benzene rings is 1. The fraction of sp³-hybridized carbons (Fsp3) is 0.586. The van der Waals surface area contributed by atoms with Crippen LogP contribution in [0.4, 0.5) is 13.2 Å². The first-order valence-corrected chi connectivity index (χ1v) is 13.7. The minimum absolute atomic E-state index is 0.0962. The molecule has 0 aromatic heterocycles. The van der Waals surface area contributed by atoms with Gasteiger partial charge in [0.05, 0.1) is 12.1 Å². The quantitative estimate of drug-likeness (QED) is 0.587. The lowest BCUT2D eigenvalue weighted by atomic mass is 9.75. The van der Waals surface area contributed by atoms with Gasteiger partial charge in [-0.3, -0.25) is 14.5 Å². The molecule has 1 aromatic rings. The molecule has 0 spiro atoms. The van der Waals surface area contributed by atoms with Gasteiger partial charge in [-0.15, -0.1) is 0 Å². The van der Waals surface area contributed by atoms with Crippen LogP contribution in [0.5, 0.6) is 0 Å². The second kappa shape index (κ2) is 11.0. The first-order valence-electron chi connectivity index (χ1n) is 13.7. The topological polar surface area (TPSA) is 52.7 Å². The van der Waals surface area contributed by atoms with Gasteiger partial charge in [0.25, 0.3) is 5.91 Å². The Balaban J connectivity index is 1.14. The van der Waals surface area contributed by atoms with E-state index < -0.39 is 17.6 Å². The highest BCUT2D eigenvalue weighted by atomic mass is 19.4. The van der Waals surface area contributed by atoms with Gasteiger partial charge in [0.15, 0.2) is 0 Å². The number of piperidine rings is 1. The molecular formula is C29H36F3N3O2. The van der Waals surface area contributed by atoms with E-state index in [1.165, 1.54) is 37.8 Å². The van der Waals surface area contributed by atoms with Crippen LogP contribution in [0.2, 0.25) is 0 Å². The molecule has 4 aliphatic rings. The molecule has 5 rings (SSSR count). The van der Waals surface area contributed by atoms with Crippen LogP contribution in [0.3, 0.4) is 0 Å². The van der Waals surface area contributed by atoms with Crippen molar-refractivity contribution in [1.82, 2.24) is 15.1 Å². The van der Waals surface area contributed by atoms with Gasteiger partial charge < -0.3 is 10.2 Å². The van der Waals surface area contributed by atoms with E-state index in [-0.39, 0.29) is 24.1 Å². The lowest BCUT2D eigenvalue weighted by molar-refractivity contribution is -0.137. The third-order valence-electron chi connectivity index (χ3n) is 8.85. The molecule has 2 aliphatic heterocycles. The number of fused-ring (bicyclic) bond motifs is 1. The molecule has 3 atom stereocenters. The van der Waals surface area contributed by atoms with Crippen LogP contribution >= 0.6 is 0 Å². The Morgan fingerprint density at radius 3 is 2.51 bits per heavy atom. The summed E-state index contributed by atoms with van der Waals surface area (Å²) in [5.74, 6) is 0.613. The number of carbonyl (C=O) groups is 2. The summed E-state index contributed by atoms with van der Waals surface area (Å²) in [6.45, 7) is 1.54. The van der Waals surface area contributed by atoms with Crippen molar-refractivity contribution in [1.29, 1.82) is 0 Å². The van der Waals surface area contributed by atoms with Gasteiger partial charge in [-0.05, 0) is 87.9 Å². The predicted octanol–water partition coefficient (Wildman–Crippen LogP) is 5.19. The molecule has 1 saturated carbocycles. The average Bonchev–Trinajstić information content (AvgIpc) is 3.36. The van der Waals surface area contributed by atoms with Gasteiger partial charge in [0.1, 0.15) is 0 Å². The molecule has 2 amide bonds. The number of hydrogen-bond donors (Lipinski definition) is 1. The number of allylic oxidation sites excluding steroid dienone is 4. The second-order valence-corrected chi connectivity index (χ2v) is 10.9. The van der Waals surface area contributed by atoms with Gasteiger partial charge in [-0.2, -0.15) is 13.2 Å². The number of halogens is 3. The molecule has 37 heavy (non-hydrogen) atoms. The maximum absolute atomic E-state index is 13.1. The number of amides is 2. The van der Waals surface area contributed by atoms with Crippen molar-refractivity contribution >= 4 is 11.8 Å². The standard InChI is InChI=1S/C29H36F3N3O2/c30-29(31,32)23-9-4-8-22(18-23)28(37)33-19-27(36)35-17-15-26-25(35)10-5-16-34(26)24-13-11-21(12-14-24)20-6-2-1-3-7-20/h1-4,6,8-9,18,20-21,24-26H,5,7,10-17,19H2,(H,33,37)/t20?,21-,24+,25?,26?. The Labute approximate surface area is 216 Å². The number of nitrogens with one attached hydrogen (secondary N) is 1. The van der Waals surface area contributed by atoms with Gasteiger partial charge >= 0.3 is 6.18 Å². The van der Waals surface area contributed by atoms with E-state index in [0.29, 0.717) is 24.5 Å². The molecule has 2 saturated heterocycles. The van der Waals surface area contributed by atoms with Crippen LogP contribution < -0.4 is 5.32 Å². The number of alkyl halides is 3. The van der Waals surface area contributed by atoms with Crippen molar-refractivity contribution in [3.05, 3.63) is 59.7 Å². The molecule has 1 aromatic carbocycles. The van der Waals surface area contributed by atoms with Crippen LogP contribution in [0, 0.1) is 11.8 Å². The molecular weight excluding hydrogens is 479 g/mol. The average molecular weight is 516 g/mol. The number of rotatable bonds is 5. The molecule has 5 nitrogen and oxygen atoms in total. The van der Waals surface area contributed by atoms with Gasteiger partial charge in [-0.25, -0.2) is 0 Å². The maximum atomic E-state index is 13.1. The Morgan fingerprint density at radius 2 is 1.78 bits per heavy atom. The van der Waals surface area contributed by atoms with Gasteiger partial charge in [-0.1, -0.05) is 30.4 Å². The number of likely N-dealkylation sites (tertiary alicyclic amines) is 2. The highest BCUT2D eigenvalue weighted by Crippen LogP contribution is 2.40. The molecule has 2 aliphatic carbocycles. The summed E-state index contributed by atoms with van der Waals surface area (Å²) in [6, 6.07) is 5.36. The summed E-state index contributed by atoms with van der Waals surface area (Å²) in [6.07, 6.45) is 13.5. The Bertz CT molecular complexity index is 1050. The first-order chi connectivity index (χ1) is 17.8. The van der Waals surface area contributed by atoms with Crippen molar-refractivity contribution in [2.45, 2.75) is 75.7 Å².